The lowest BCUT2D eigenvalue weighted by Crippen LogP contribution is -2.20. The van der Waals surface area contributed by atoms with E-state index in [-0.39, 0.29) is 0 Å². The second-order valence-corrected chi connectivity index (χ2v) is 5.04. The predicted molar refractivity (Wildman–Crippen MR) is 87.9 cm³/mol. The van der Waals surface area contributed by atoms with Crippen LogP contribution >= 0.6 is 0 Å². The Kier molecular flexibility index (Phi) is 5.69. The van der Waals surface area contributed by atoms with Crippen molar-refractivity contribution < 1.29 is 0 Å². The first kappa shape index (κ1) is 15.4. The summed E-state index contributed by atoms with van der Waals surface area (Å²) in [6.07, 6.45) is 3.07. The average molecular weight is 284 g/mol. The molecule has 0 aliphatic heterocycles. The molecule has 0 radical (unpaired) electrons. The van der Waals surface area contributed by atoms with E-state index in [1.807, 2.05) is 31.3 Å². The highest BCUT2D eigenvalue weighted by Crippen LogP contribution is 2.21. The molecular formula is C17H24N4. The molecule has 0 aliphatic carbocycles. The van der Waals surface area contributed by atoms with Gasteiger partial charge in [-0.1, -0.05) is 25.1 Å². The molecule has 0 bridgehead atoms. The van der Waals surface area contributed by atoms with Crippen LogP contribution in [0.1, 0.15) is 31.5 Å². The van der Waals surface area contributed by atoms with Crippen molar-refractivity contribution in [3.05, 3.63) is 47.8 Å². The van der Waals surface area contributed by atoms with Crippen molar-refractivity contribution in [2.24, 2.45) is 0 Å². The molecule has 21 heavy (non-hydrogen) atoms. The fourth-order valence-electron chi connectivity index (χ4n) is 2.23. The topological polar surface area (TPSA) is 41.1 Å². The minimum absolute atomic E-state index is 0.764. The van der Waals surface area contributed by atoms with Crippen LogP contribution in [0, 0.1) is 6.92 Å². The van der Waals surface area contributed by atoms with Crippen LogP contribution in [-0.4, -0.2) is 23.1 Å². The first-order chi connectivity index (χ1) is 10.3. The summed E-state index contributed by atoms with van der Waals surface area (Å²) in [4.78, 5) is 11.3. The Morgan fingerprint density at radius 3 is 2.52 bits per heavy atom. The summed E-state index contributed by atoms with van der Waals surface area (Å²) in [7, 11) is 0. The van der Waals surface area contributed by atoms with E-state index in [1.54, 1.807) is 0 Å². The smallest absolute Gasteiger partial charge is 0.230 e. The average Bonchev–Trinajstić information content (AvgIpc) is 2.51. The molecule has 0 unspecified atom stereocenters. The molecule has 0 fully saturated rings. The number of hydrogen-bond acceptors (Lipinski definition) is 4. The lowest BCUT2D eigenvalue weighted by Gasteiger charge is -2.21. The first-order valence-corrected chi connectivity index (χ1v) is 7.62. The van der Waals surface area contributed by atoms with Gasteiger partial charge in [0.25, 0.3) is 0 Å². The molecule has 4 heteroatoms. The fraction of sp³-hybridized carbons (Fsp3) is 0.412. The molecule has 0 atom stereocenters. The van der Waals surface area contributed by atoms with Gasteiger partial charge in [0.15, 0.2) is 0 Å². The number of aryl methyl sites for hydroxylation is 1. The van der Waals surface area contributed by atoms with Crippen LogP contribution < -0.4 is 10.2 Å². The van der Waals surface area contributed by atoms with Crippen molar-refractivity contribution in [2.45, 2.75) is 33.7 Å². The SMILES string of the molecule is CCCNCc1cnc(N(CC)c2ccccc2)nc1C. The third kappa shape index (κ3) is 4.02. The van der Waals surface area contributed by atoms with Gasteiger partial charge < -0.3 is 10.2 Å². The van der Waals surface area contributed by atoms with E-state index in [9.17, 15) is 0 Å². The van der Waals surface area contributed by atoms with Gasteiger partial charge in [0.05, 0.1) is 0 Å². The van der Waals surface area contributed by atoms with Crippen molar-refractivity contribution >= 4 is 11.6 Å². The Hall–Kier alpha value is -1.94. The number of benzene rings is 1. The van der Waals surface area contributed by atoms with Gasteiger partial charge in [-0.3, -0.25) is 0 Å². The number of hydrogen-bond donors (Lipinski definition) is 1. The quantitative estimate of drug-likeness (QED) is 0.791. The molecule has 0 saturated carbocycles. The van der Waals surface area contributed by atoms with Gasteiger partial charge in [-0.2, -0.15) is 0 Å². The van der Waals surface area contributed by atoms with E-state index in [2.05, 4.69) is 46.2 Å². The Morgan fingerprint density at radius 2 is 1.90 bits per heavy atom. The Morgan fingerprint density at radius 1 is 1.14 bits per heavy atom. The van der Waals surface area contributed by atoms with Crippen molar-refractivity contribution in [1.82, 2.24) is 15.3 Å². The molecule has 1 N–H and O–H groups in total. The molecule has 2 aromatic rings. The third-order valence-corrected chi connectivity index (χ3v) is 3.44. The van der Waals surface area contributed by atoms with E-state index >= 15 is 0 Å². The molecule has 0 aliphatic rings. The van der Waals surface area contributed by atoms with Crippen molar-refractivity contribution in [3.63, 3.8) is 0 Å². The van der Waals surface area contributed by atoms with Crippen molar-refractivity contribution in [2.75, 3.05) is 18.0 Å². The number of para-hydroxylation sites is 1. The normalized spacial score (nSPS) is 10.6. The molecule has 1 aromatic carbocycles. The maximum atomic E-state index is 4.67. The maximum absolute atomic E-state index is 4.67. The Bertz CT molecular complexity index is 554. The largest absolute Gasteiger partial charge is 0.313 e. The molecule has 1 heterocycles. The first-order valence-electron chi connectivity index (χ1n) is 7.62. The highest BCUT2D eigenvalue weighted by atomic mass is 15.2. The molecule has 4 nitrogen and oxygen atoms in total. The van der Waals surface area contributed by atoms with E-state index < -0.39 is 0 Å². The number of aromatic nitrogens is 2. The Balaban J connectivity index is 2.18. The number of anilines is 2. The van der Waals surface area contributed by atoms with Crippen molar-refractivity contribution in [1.29, 1.82) is 0 Å². The molecular weight excluding hydrogens is 260 g/mol. The van der Waals surface area contributed by atoms with Crippen LogP contribution in [0.3, 0.4) is 0 Å². The van der Waals surface area contributed by atoms with Crippen LogP contribution in [0.15, 0.2) is 36.5 Å². The summed E-state index contributed by atoms with van der Waals surface area (Å²) < 4.78 is 0. The zero-order chi connectivity index (χ0) is 15.1. The summed E-state index contributed by atoms with van der Waals surface area (Å²) in [5, 5.41) is 3.39. The standard InChI is InChI=1S/C17H24N4/c1-4-11-18-12-15-13-19-17(20-14(15)3)21(5-2)16-9-7-6-8-10-16/h6-10,13,18H,4-5,11-12H2,1-3H3. The van der Waals surface area contributed by atoms with Crippen LogP contribution in [0.5, 0.6) is 0 Å². The zero-order valence-electron chi connectivity index (χ0n) is 13.1. The van der Waals surface area contributed by atoms with Gasteiger partial charge in [0.1, 0.15) is 0 Å². The molecule has 0 spiro atoms. The molecule has 112 valence electrons. The third-order valence-electron chi connectivity index (χ3n) is 3.44. The van der Waals surface area contributed by atoms with Crippen LogP contribution in [-0.2, 0) is 6.54 Å². The molecule has 0 amide bonds. The summed E-state index contributed by atoms with van der Waals surface area (Å²) in [5.74, 6) is 0.764. The van der Waals surface area contributed by atoms with E-state index in [4.69, 9.17) is 0 Å². The van der Waals surface area contributed by atoms with Gasteiger partial charge in [-0.05, 0) is 38.9 Å². The lowest BCUT2D eigenvalue weighted by atomic mass is 10.2. The molecule has 2 rings (SSSR count). The molecule has 1 aromatic heterocycles. The van der Waals surface area contributed by atoms with Crippen LogP contribution in [0.4, 0.5) is 11.6 Å². The monoisotopic (exact) mass is 284 g/mol. The zero-order valence-corrected chi connectivity index (χ0v) is 13.1. The van der Waals surface area contributed by atoms with Crippen LogP contribution in [0.2, 0.25) is 0 Å². The summed E-state index contributed by atoms with van der Waals surface area (Å²) in [6, 6.07) is 10.3. The number of rotatable bonds is 7. The maximum Gasteiger partial charge on any atom is 0.230 e. The predicted octanol–water partition coefficient (Wildman–Crippen LogP) is 3.44. The highest BCUT2D eigenvalue weighted by molar-refractivity contribution is 5.56. The second kappa shape index (κ2) is 7.74. The van der Waals surface area contributed by atoms with E-state index in [1.165, 1.54) is 0 Å². The van der Waals surface area contributed by atoms with Gasteiger partial charge in [0.2, 0.25) is 5.95 Å². The minimum Gasteiger partial charge on any atom is -0.313 e. The van der Waals surface area contributed by atoms with Gasteiger partial charge in [-0.15, -0.1) is 0 Å². The second-order valence-electron chi connectivity index (χ2n) is 5.04. The Labute approximate surface area is 127 Å². The summed E-state index contributed by atoms with van der Waals surface area (Å²) >= 11 is 0. The summed E-state index contributed by atoms with van der Waals surface area (Å²) in [6.45, 7) is 9.02. The van der Waals surface area contributed by atoms with E-state index in [0.717, 1.165) is 48.9 Å². The van der Waals surface area contributed by atoms with E-state index in [0.29, 0.717) is 0 Å². The van der Waals surface area contributed by atoms with Gasteiger partial charge in [-0.25, -0.2) is 9.97 Å². The van der Waals surface area contributed by atoms with Crippen LogP contribution in [0.25, 0.3) is 0 Å². The fourth-order valence-corrected chi connectivity index (χ4v) is 2.23. The number of nitrogens with zero attached hydrogens (tertiary/aromatic N) is 3. The van der Waals surface area contributed by atoms with Gasteiger partial charge >= 0.3 is 0 Å². The molecule has 0 saturated heterocycles. The highest BCUT2D eigenvalue weighted by Gasteiger charge is 2.11. The van der Waals surface area contributed by atoms with Gasteiger partial charge in [0, 0.05) is 36.2 Å². The number of nitrogens with one attached hydrogen (secondary N) is 1. The lowest BCUT2D eigenvalue weighted by molar-refractivity contribution is 0.668. The minimum atomic E-state index is 0.764. The van der Waals surface area contributed by atoms with Crippen molar-refractivity contribution in [3.8, 4) is 0 Å². The summed E-state index contributed by atoms with van der Waals surface area (Å²) in [5.41, 5.74) is 3.32.